The zero-order valence-electron chi connectivity index (χ0n) is 13.7. The first kappa shape index (κ1) is 16.1. The molecule has 0 aromatic carbocycles. The molecule has 3 unspecified atom stereocenters. The number of epoxide rings is 2. The van der Waals surface area contributed by atoms with Gasteiger partial charge in [0, 0.05) is 5.92 Å². The lowest BCUT2D eigenvalue weighted by Crippen LogP contribution is -2.50. The molecular formula is C15H28O4Si. The number of hydrogen-bond donors (Lipinski definition) is 0. The number of aldehydes is 1. The van der Waals surface area contributed by atoms with Crippen molar-refractivity contribution >= 4 is 14.6 Å². The predicted molar refractivity (Wildman–Crippen MR) is 80.3 cm³/mol. The van der Waals surface area contributed by atoms with Crippen LogP contribution in [0.25, 0.3) is 0 Å². The fourth-order valence-electron chi connectivity index (χ4n) is 2.19. The summed E-state index contributed by atoms with van der Waals surface area (Å²) in [6.07, 6.45) is 0.889. The van der Waals surface area contributed by atoms with E-state index in [1.165, 1.54) is 0 Å². The van der Waals surface area contributed by atoms with E-state index in [1.807, 2.05) is 6.92 Å². The Balaban J connectivity index is 2.10. The fraction of sp³-hybridized carbons (Fsp3) is 0.933. The van der Waals surface area contributed by atoms with E-state index in [2.05, 4.69) is 40.8 Å². The first-order chi connectivity index (χ1) is 9.02. The maximum Gasteiger partial charge on any atom is 0.192 e. The lowest BCUT2D eigenvalue weighted by atomic mass is 9.97. The second-order valence-corrected chi connectivity index (χ2v) is 12.7. The Hall–Kier alpha value is -0.233. The van der Waals surface area contributed by atoms with Crippen LogP contribution in [0.15, 0.2) is 0 Å². The molecular weight excluding hydrogens is 272 g/mol. The van der Waals surface area contributed by atoms with Gasteiger partial charge >= 0.3 is 0 Å². The van der Waals surface area contributed by atoms with E-state index in [0.717, 1.165) is 6.29 Å². The van der Waals surface area contributed by atoms with Gasteiger partial charge in [0.15, 0.2) is 8.32 Å². The molecule has 0 amide bonds. The lowest BCUT2D eigenvalue weighted by molar-refractivity contribution is -0.111. The molecule has 5 heteroatoms. The minimum atomic E-state index is -1.88. The van der Waals surface area contributed by atoms with Gasteiger partial charge in [-0.25, -0.2) is 0 Å². The molecule has 0 aliphatic carbocycles. The summed E-state index contributed by atoms with van der Waals surface area (Å²) in [6, 6.07) is 0. The molecule has 0 bridgehead atoms. The topological polar surface area (TPSA) is 51.4 Å². The maximum atomic E-state index is 10.9. The molecule has 2 aliphatic heterocycles. The third-order valence-electron chi connectivity index (χ3n) is 5.02. The fourth-order valence-corrected chi connectivity index (χ4v) is 3.56. The van der Waals surface area contributed by atoms with Crippen molar-refractivity contribution in [3.8, 4) is 0 Å². The SMILES string of the molecule is C[C@@H](C=O)C1OC1[C@@H](O[Si](C)(C)C(C)(C)C)C1(C)CO1. The van der Waals surface area contributed by atoms with Crippen LogP contribution in [-0.4, -0.2) is 45.1 Å². The Labute approximate surface area is 123 Å². The van der Waals surface area contributed by atoms with Crippen molar-refractivity contribution < 1.29 is 18.7 Å². The first-order valence-corrected chi connectivity index (χ1v) is 10.4. The summed E-state index contributed by atoms with van der Waals surface area (Å²) in [4.78, 5) is 10.9. The van der Waals surface area contributed by atoms with Gasteiger partial charge in [0.2, 0.25) is 0 Å². The van der Waals surface area contributed by atoms with Gasteiger partial charge in [-0.05, 0) is 25.1 Å². The van der Waals surface area contributed by atoms with E-state index in [1.54, 1.807) is 0 Å². The van der Waals surface area contributed by atoms with Crippen molar-refractivity contribution in [1.29, 1.82) is 0 Å². The number of carbonyl (C=O) groups excluding carboxylic acids is 1. The van der Waals surface area contributed by atoms with Gasteiger partial charge in [-0.2, -0.15) is 0 Å². The first-order valence-electron chi connectivity index (χ1n) is 7.44. The third-order valence-corrected chi connectivity index (χ3v) is 9.48. The van der Waals surface area contributed by atoms with Crippen LogP contribution in [0.1, 0.15) is 34.6 Å². The van der Waals surface area contributed by atoms with E-state index >= 15 is 0 Å². The van der Waals surface area contributed by atoms with Gasteiger partial charge in [-0.3, -0.25) is 0 Å². The van der Waals surface area contributed by atoms with Gasteiger partial charge < -0.3 is 18.7 Å². The Kier molecular flexibility index (Phi) is 3.96. The average molecular weight is 300 g/mol. The molecule has 2 rings (SSSR count). The monoisotopic (exact) mass is 300 g/mol. The molecule has 0 saturated carbocycles. The van der Waals surface area contributed by atoms with Crippen molar-refractivity contribution in [2.24, 2.45) is 5.92 Å². The highest BCUT2D eigenvalue weighted by Gasteiger charge is 2.62. The van der Waals surface area contributed by atoms with Crippen LogP contribution in [-0.2, 0) is 18.7 Å². The molecule has 0 radical (unpaired) electrons. The quantitative estimate of drug-likeness (QED) is 0.430. The van der Waals surface area contributed by atoms with Gasteiger partial charge in [-0.1, -0.05) is 27.7 Å². The Morgan fingerprint density at radius 3 is 2.30 bits per heavy atom. The second kappa shape index (κ2) is 4.90. The summed E-state index contributed by atoms with van der Waals surface area (Å²) in [5.74, 6) is -0.0761. The Bertz CT molecular complexity index is 384. The van der Waals surface area contributed by atoms with Gasteiger partial charge in [0.25, 0.3) is 0 Å². The molecule has 0 aromatic heterocycles. The molecule has 0 spiro atoms. The van der Waals surface area contributed by atoms with Crippen LogP contribution in [0.3, 0.4) is 0 Å². The normalized spacial score (nSPS) is 36.4. The Morgan fingerprint density at radius 1 is 1.35 bits per heavy atom. The highest BCUT2D eigenvalue weighted by atomic mass is 28.4. The minimum absolute atomic E-state index is 0.00294. The molecule has 20 heavy (non-hydrogen) atoms. The number of ether oxygens (including phenoxy) is 2. The van der Waals surface area contributed by atoms with Crippen molar-refractivity contribution in [2.45, 2.75) is 76.7 Å². The average Bonchev–Trinajstić information content (AvgIpc) is 3.20. The summed E-state index contributed by atoms with van der Waals surface area (Å²) < 4.78 is 17.9. The lowest BCUT2D eigenvalue weighted by Gasteiger charge is -2.40. The van der Waals surface area contributed by atoms with E-state index in [-0.39, 0.29) is 34.9 Å². The zero-order valence-corrected chi connectivity index (χ0v) is 14.7. The van der Waals surface area contributed by atoms with Gasteiger partial charge in [-0.15, -0.1) is 0 Å². The molecule has 116 valence electrons. The summed E-state index contributed by atoms with van der Waals surface area (Å²) in [5.41, 5.74) is -0.239. The van der Waals surface area contributed by atoms with Crippen LogP contribution < -0.4 is 0 Å². The second-order valence-electron chi connectivity index (χ2n) is 7.96. The smallest absolute Gasteiger partial charge is 0.192 e. The van der Waals surface area contributed by atoms with Crippen LogP contribution in [0.4, 0.5) is 0 Å². The van der Waals surface area contributed by atoms with Crippen LogP contribution >= 0.6 is 0 Å². The predicted octanol–water partition coefficient (Wildman–Crippen LogP) is 2.77. The molecule has 2 saturated heterocycles. The van der Waals surface area contributed by atoms with Crippen molar-refractivity contribution in [3.63, 3.8) is 0 Å². The standard InChI is InChI=1S/C15H28O4Si/c1-10(8-16)11-12(18-11)13(15(5)9-17-15)19-20(6,7)14(2,3)4/h8,10-13H,9H2,1-7H3/t10-,11?,12?,13+,15?/m0/s1. The van der Waals surface area contributed by atoms with Crippen molar-refractivity contribution in [1.82, 2.24) is 0 Å². The molecule has 0 N–H and O–H groups in total. The van der Waals surface area contributed by atoms with E-state index < -0.39 is 8.32 Å². The van der Waals surface area contributed by atoms with Gasteiger partial charge in [0.05, 0.1) is 12.7 Å². The van der Waals surface area contributed by atoms with Crippen LogP contribution in [0, 0.1) is 5.92 Å². The van der Waals surface area contributed by atoms with Crippen molar-refractivity contribution in [3.05, 3.63) is 0 Å². The molecule has 2 aliphatic rings. The summed E-state index contributed by atoms with van der Waals surface area (Å²) in [7, 11) is -1.88. The van der Waals surface area contributed by atoms with E-state index in [4.69, 9.17) is 13.9 Å². The molecule has 2 heterocycles. The number of rotatable bonds is 6. The Morgan fingerprint density at radius 2 is 1.90 bits per heavy atom. The van der Waals surface area contributed by atoms with Crippen LogP contribution in [0.2, 0.25) is 18.1 Å². The summed E-state index contributed by atoms with van der Waals surface area (Å²) in [6.45, 7) is 15.9. The van der Waals surface area contributed by atoms with Gasteiger partial charge in [0.1, 0.15) is 24.1 Å². The van der Waals surface area contributed by atoms with E-state index in [9.17, 15) is 4.79 Å². The highest BCUT2D eigenvalue weighted by Crippen LogP contribution is 2.47. The summed E-state index contributed by atoms with van der Waals surface area (Å²) >= 11 is 0. The minimum Gasteiger partial charge on any atom is -0.408 e. The largest absolute Gasteiger partial charge is 0.408 e. The zero-order chi connectivity index (χ0) is 15.3. The molecule has 4 nitrogen and oxygen atoms in total. The third kappa shape index (κ3) is 3.01. The van der Waals surface area contributed by atoms with Crippen LogP contribution in [0.5, 0.6) is 0 Å². The number of carbonyl (C=O) groups is 1. The summed E-state index contributed by atoms with van der Waals surface area (Å²) in [5, 5.41) is 0.150. The maximum absolute atomic E-state index is 10.9. The molecule has 2 fully saturated rings. The van der Waals surface area contributed by atoms with Crippen molar-refractivity contribution in [2.75, 3.05) is 6.61 Å². The van der Waals surface area contributed by atoms with E-state index in [0.29, 0.717) is 6.61 Å². The molecule has 5 atom stereocenters. The highest BCUT2D eigenvalue weighted by molar-refractivity contribution is 6.74. The number of hydrogen-bond acceptors (Lipinski definition) is 4. The molecule has 0 aromatic rings.